The van der Waals surface area contributed by atoms with E-state index in [9.17, 15) is 8.78 Å². The van der Waals surface area contributed by atoms with Gasteiger partial charge in [0, 0.05) is 17.8 Å². The third-order valence-corrected chi connectivity index (χ3v) is 3.50. The number of halogens is 3. The molecule has 0 aliphatic heterocycles. The minimum Gasteiger partial charge on any atom is -0.496 e. The second-order valence-electron chi connectivity index (χ2n) is 4.25. The second-order valence-corrected chi connectivity index (χ2v) is 5.10. The summed E-state index contributed by atoms with van der Waals surface area (Å²) in [6.07, 6.45) is -2.42. The van der Waals surface area contributed by atoms with Crippen LogP contribution in [0.1, 0.15) is 17.6 Å². The van der Waals surface area contributed by atoms with Gasteiger partial charge >= 0.3 is 0 Å². The molecule has 0 unspecified atom stereocenters. The van der Waals surface area contributed by atoms with Crippen molar-refractivity contribution < 1.29 is 13.5 Å². The molecule has 0 spiro atoms. The standard InChI is InChI=1S/C15H14BrF2NO/c1-20-14-7-6-12(8-13(14)16)19-9-10-2-4-11(5-3-10)15(17)18/h2-8,15,19H,9H2,1H3. The number of hydrogen-bond donors (Lipinski definition) is 1. The molecule has 0 fully saturated rings. The molecule has 0 bridgehead atoms. The first-order valence-electron chi connectivity index (χ1n) is 6.04. The van der Waals surface area contributed by atoms with E-state index in [0.717, 1.165) is 21.5 Å². The van der Waals surface area contributed by atoms with Gasteiger partial charge in [0.15, 0.2) is 0 Å². The Labute approximate surface area is 124 Å². The molecule has 1 N–H and O–H groups in total. The van der Waals surface area contributed by atoms with Gasteiger partial charge in [0.05, 0.1) is 11.6 Å². The molecule has 0 saturated carbocycles. The van der Waals surface area contributed by atoms with Crippen molar-refractivity contribution in [3.8, 4) is 5.75 Å². The van der Waals surface area contributed by atoms with Crippen molar-refractivity contribution in [2.45, 2.75) is 13.0 Å². The highest BCUT2D eigenvalue weighted by Gasteiger charge is 2.06. The lowest BCUT2D eigenvalue weighted by Gasteiger charge is -2.09. The van der Waals surface area contributed by atoms with Crippen LogP contribution in [0.25, 0.3) is 0 Å². The monoisotopic (exact) mass is 341 g/mol. The maximum Gasteiger partial charge on any atom is 0.263 e. The van der Waals surface area contributed by atoms with Gasteiger partial charge in [-0.3, -0.25) is 0 Å². The van der Waals surface area contributed by atoms with Crippen molar-refractivity contribution in [3.63, 3.8) is 0 Å². The number of ether oxygens (including phenoxy) is 1. The van der Waals surface area contributed by atoms with E-state index in [-0.39, 0.29) is 5.56 Å². The fourth-order valence-electron chi connectivity index (χ4n) is 1.76. The van der Waals surface area contributed by atoms with Gasteiger partial charge in [0.25, 0.3) is 6.43 Å². The van der Waals surface area contributed by atoms with Crippen molar-refractivity contribution in [1.82, 2.24) is 0 Å². The molecule has 5 heteroatoms. The Bertz CT molecular complexity index is 573. The van der Waals surface area contributed by atoms with Crippen LogP contribution >= 0.6 is 15.9 Å². The minimum absolute atomic E-state index is 0.0425. The number of alkyl halides is 2. The summed E-state index contributed by atoms with van der Waals surface area (Å²) in [6.45, 7) is 0.572. The number of methoxy groups -OCH3 is 1. The first-order valence-corrected chi connectivity index (χ1v) is 6.84. The Hall–Kier alpha value is -1.62. The quantitative estimate of drug-likeness (QED) is 0.825. The van der Waals surface area contributed by atoms with Crippen LogP contribution < -0.4 is 10.1 Å². The summed E-state index contributed by atoms with van der Waals surface area (Å²) in [5.41, 5.74) is 1.91. The van der Waals surface area contributed by atoms with Gasteiger partial charge in [-0.05, 0) is 39.7 Å². The molecule has 2 nitrogen and oxygen atoms in total. The number of hydrogen-bond acceptors (Lipinski definition) is 2. The predicted molar refractivity (Wildman–Crippen MR) is 79.4 cm³/mol. The molecule has 0 amide bonds. The fourth-order valence-corrected chi connectivity index (χ4v) is 2.30. The summed E-state index contributed by atoms with van der Waals surface area (Å²) < 4.78 is 30.9. The van der Waals surface area contributed by atoms with Crippen molar-refractivity contribution >= 4 is 21.6 Å². The van der Waals surface area contributed by atoms with Crippen LogP contribution in [0.4, 0.5) is 14.5 Å². The molecule has 0 heterocycles. The third-order valence-electron chi connectivity index (χ3n) is 2.88. The topological polar surface area (TPSA) is 21.3 Å². The van der Waals surface area contributed by atoms with Crippen molar-refractivity contribution in [3.05, 3.63) is 58.1 Å². The zero-order chi connectivity index (χ0) is 14.5. The number of anilines is 1. The van der Waals surface area contributed by atoms with Crippen LogP contribution in [0, 0.1) is 0 Å². The number of benzene rings is 2. The molecule has 0 radical (unpaired) electrons. The average Bonchev–Trinajstić information content (AvgIpc) is 2.45. The molecular weight excluding hydrogens is 328 g/mol. The lowest BCUT2D eigenvalue weighted by molar-refractivity contribution is 0.151. The second kappa shape index (κ2) is 6.70. The van der Waals surface area contributed by atoms with Crippen LogP contribution in [0.2, 0.25) is 0 Å². The number of nitrogens with one attached hydrogen (secondary N) is 1. The Morgan fingerprint density at radius 3 is 2.40 bits per heavy atom. The third kappa shape index (κ3) is 3.70. The molecular formula is C15H14BrF2NO. The van der Waals surface area contributed by atoms with Gasteiger partial charge in [0.1, 0.15) is 5.75 Å². The highest BCUT2D eigenvalue weighted by molar-refractivity contribution is 9.10. The van der Waals surface area contributed by atoms with E-state index < -0.39 is 6.43 Å². The molecule has 2 aromatic carbocycles. The molecule has 2 aromatic rings. The highest BCUT2D eigenvalue weighted by Crippen LogP contribution is 2.28. The molecule has 2 rings (SSSR count). The zero-order valence-electron chi connectivity index (χ0n) is 10.9. The van der Waals surface area contributed by atoms with Crippen LogP contribution in [0.3, 0.4) is 0 Å². The Balaban J connectivity index is 1.99. The van der Waals surface area contributed by atoms with Crippen molar-refractivity contribution in [2.24, 2.45) is 0 Å². The van der Waals surface area contributed by atoms with Gasteiger partial charge in [-0.15, -0.1) is 0 Å². The molecule has 0 atom stereocenters. The smallest absolute Gasteiger partial charge is 0.263 e. The number of rotatable bonds is 5. The normalized spacial score (nSPS) is 10.7. The maximum absolute atomic E-state index is 12.4. The molecule has 20 heavy (non-hydrogen) atoms. The van der Waals surface area contributed by atoms with E-state index in [1.807, 2.05) is 18.2 Å². The first-order chi connectivity index (χ1) is 9.60. The van der Waals surface area contributed by atoms with Crippen LogP contribution in [0.15, 0.2) is 46.9 Å². The lowest BCUT2D eigenvalue weighted by atomic mass is 10.1. The Morgan fingerprint density at radius 2 is 1.85 bits per heavy atom. The molecule has 0 saturated heterocycles. The van der Waals surface area contributed by atoms with E-state index in [1.54, 1.807) is 19.2 Å². The Morgan fingerprint density at radius 1 is 1.15 bits per heavy atom. The van der Waals surface area contributed by atoms with Gasteiger partial charge in [-0.1, -0.05) is 24.3 Å². The highest BCUT2D eigenvalue weighted by atomic mass is 79.9. The molecule has 0 aromatic heterocycles. The van der Waals surface area contributed by atoms with Gasteiger partial charge in [-0.2, -0.15) is 0 Å². The maximum atomic E-state index is 12.4. The summed E-state index contributed by atoms with van der Waals surface area (Å²) >= 11 is 3.41. The summed E-state index contributed by atoms with van der Waals surface area (Å²) in [5.74, 6) is 0.761. The van der Waals surface area contributed by atoms with E-state index in [2.05, 4.69) is 21.2 Å². The fraction of sp³-hybridized carbons (Fsp3) is 0.200. The molecule has 0 aliphatic carbocycles. The van der Waals surface area contributed by atoms with Crippen molar-refractivity contribution in [2.75, 3.05) is 12.4 Å². The molecule has 0 aliphatic rings. The summed E-state index contributed by atoms with van der Waals surface area (Å²) in [7, 11) is 1.61. The van der Waals surface area contributed by atoms with E-state index >= 15 is 0 Å². The van der Waals surface area contributed by atoms with Crippen LogP contribution in [-0.4, -0.2) is 7.11 Å². The van der Waals surface area contributed by atoms with E-state index in [1.165, 1.54) is 12.1 Å². The summed E-state index contributed by atoms with van der Waals surface area (Å²) in [4.78, 5) is 0. The average molecular weight is 342 g/mol. The van der Waals surface area contributed by atoms with E-state index in [4.69, 9.17) is 4.74 Å². The largest absolute Gasteiger partial charge is 0.496 e. The zero-order valence-corrected chi connectivity index (χ0v) is 12.5. The summed E-state index contributed by atoms with van der Waals surface area (Å²) in [6, 6.07) is 12.0. The Kier molecular flexibility index (Phi) is 4.95. The lowest BCUT2D eigenvalue weighted by Crippen LogP contribution is -2.00. The van der Waals surface area contributed by atoms with Crippen LogP contribution in [-0.2, 0) is 6.54 Å². The predicted octanol–water partition coefficient (Wildman–Crippen LogP) is 5.01. The van der Waals surface area contributed by atoms with Crippen molar-refractivity contribution in [1.29, 1.82) is 0 Å². The van der Waals surface area contributed by atoms with Gasteiger partial charge < -0.3 is 10.1 Å². The first kappa shape index (κ1) is 14.8. The van der Waals surface area contributed by atoms with Crippen LogP contribution in [0.5, 0.6) is 5.75 Å². The molecule has 106 valence electrons. The van der Waals surface area contributed by atoms with Gasteiger partial charge in [0.2, 0.25) is 0 Å². The van der Waals surface area contributed by atoms with E-state index in [0.29, 0.717) is 6.54 Å². The van der Waals surface area contributed by atoms with Gasteiger partial charge in [-0.25, -0.2) is 8.78 Å². The minimum atomic E-state index is -2.42. The SMILES string of the molecule is COc1ccc(NCc2ccc(C(F)F)cc2)cc1Br. The summed E-state index contributed by atoms with van der Waals surface area (Å²) in [5, 5.41) is 3.23.